The fourth-order valence-electron chi connectivity index (χ4n) is 3.75. The maximum absolute atomic E-state index is 11.6. The summed E-state index contributed by atoms with van der Waals surface area (Å²) in [6, 6.07) is 13.2. The number of oxazole rings is 1. The Kier molecular flexibility index (Phi) is 8.62. The lowest BCUT2D eigenvalue weighted by Gasteiger charge is -2.22. The number of carboxylic acids is 1. The second kappa shape index (κ2) is 11.6. The molecule has 0 bridgehead atoms. The molecule has 1 heterocycles. The highest BCUT2D eigenvalue weighted by Gasteiger charge is 2.29. The molecule has 2 N–H and O–H groups in total. The Morgan fingerprint density at radius 1 is 1.15 bits per heavy atom. The topological polar surface area (TPSA) is 102 Å². The van der Waals surface area contributed by atoms with Crippen molar-refractivity contribution >= 4 is 5.97 Å². The van der Waals surface area contributed by atoms with E-state index < -0.39 is 18.2 Å². The van der Waals surface area contributed by atoms with Crippen molar-refractivity contribution in [2.45, 2.75) is 45.8 Å². The monoisotopic (exact) mass is 465 g/mol. The maximum atomic E-state index is 11.6. The summed E-state index contributed by atoms with van der Waals surface area (Å²) in [7, 11) is 0. The number of benzene rings is 2. The number of aryl methyl sites for hydroxylation is 3. The van der Waals surface area contributed by atoms with E-state index in [-0.39, 0.29) is 6.61 Å². The minimum atomic E-state index is -1.36. The van der Waals surface area contributed by atoms with Crippen molar-refractivity contribution < 1.29 is 28.9 Å². The largest absolute Gasteiger partial charge is 0.493 e. The van der Waals surface area contributed by atoms with Gasteiger partial charge in [-0.2, -0.15) is 0 Å². The quantitative estimate of drug-likeness (QED) is 0.288. The summed E-state index contributed by atoms with van der Waals surface area (Å²) in [5, 5.41) is 20.1. The third-order valence-corrected chi connectivity index (χ3v) is 5.47. The van der Waals surface area contributed by atoms with Crippen molar-refractivity contribution in [1.29, 1.82) is 0 Å². The van der Waals surface area contributed by atoms with Gasteiger partial charge in [-0.3, -0.25) is 0 Å². The Labute approximate surface area is 199 Å². The zero-order valence-corrected chi connectivity index (χ0v) is 19.8. The third kappa shape index (κ3) is 6.12. The van der Waals surface area contributed by atoms with Crippen LogP contribution in [0.15, 0.2) is 59.5 Å². The summed E-state index contributed by atoms with van der Waals surface area (Å²) in [4.78, 5) is 16.2. The fourth-order valence-corrected chi connectivity index (χ4v) is 3.75. The molecule has 2 atom stereocenters. The SMILES string of the molecule is C=CCCOC(C(=O)O)C(O)c1cc(C)c(OCCc2nc(-c3ccccc3)oc2C)c(C)c1. The molecule has 180 valence electrons. The van der Waals surface area contributed by atoms with Crippen LogP contribution in [0.25, 0.3) is 11.5 Å². The first kappa shape index (κ1) is 25.2. The molecule has 1 aromatic heterocycles. The van der Waals surface area contributed by atoms with E-state index in [0.29, 0.717) is 36.7 Å². The number of carbonyl (C=O) groups is 1. The van der Waals surface area contributed by atoms with Gasteiger partial charge in [-0.15, -0.1) is 6.58 Å². The summed E-state index contributed by atoms with van der Waals surface area (Å²) in [5.74, 6) is 0.817. The second-order valence-electron chi connectivity index (χ2n) is 8.12. The summed E-state index contributed by atoms with van der Waals surface area (Å²) in [5.41, 5.74) is 3.82. The Hall–Kier alpha value is -3.42. The van der Waals surface area contributed by atoms with Crippen molar-refractivity contribution in [3.8, 4) is 17.2 Å². The summed E-state index contributed by atoms with van der Waals surface area (Å²) < 4.78 is 17.2. The van der Waals surface area contributed by atoms with Gasteiger partial charge in [-0.05, 0) is 68.1 Å². The van der Waals surface area contributed by atoms with Gasteiger partial charge in [-0.25, -0.2) is 9.78 Å². The number of ether oxygens (including phenoxy) is 2. The van der Waals surface area contributed by atoms with Crippen LogP contribution in [0, 0.1) is 20.8 Å². The van der Waals surface area contributed by atoms with Gasteiger partial charge in [0, 0.05) is 12.0 Å². The molecule has 0 aliphatic carbocycles. The Bertz CT molecular complexity index is 1100. The number of aliphatic hydroxyl groups excluding tert-OH is 1. The molecule has 0 aliphatic heterocycles. The number of carboxylic acid groups (broad SMARTS) is 1. The van der Waals surface area contributed by atoms with Crippen LogP contribution in [-0.2, 0) is 16.0 Å². The highest BCUT2D eigenvalue weighted by molar-refractivity contribution is 5.73. The molecule has 0 aliphatic rings. The molecule has 0 saturated carbocycles. The first-order valence-electron chi connectivity index (χ1n) is 11.2. The first-order valence-corrected chi connectivity index (χ1v) is 11.2. The van der Waals surface area contributed by atoms with E-state index in [9.17, 15) is 15.0 Å². The van der Waals surface area contributed by atoms with E-state index in [4.69, 9.17) is 13.9 Å². The second-order valence-corrected chi connectivity index (χ2v) is 8.12. The Morgan fingerprint density at radius 2 is 1.82 bits per heavy atom. The summed E-state index contributed by atoms with van der Waals surface area (Å²) >= 11 is 0. The van der Waals surface area contributed by atoms with Crippen LogP contribution in [0.2, 0.25) is 0 Å². The number of hydrogen-bond donors (Lipinski definition) is 2. The number of rotatable bonds is 12. The molecule has 34 heavy (non-hydrogen) atoms. The highest BCUT2D eigenvalue weighted by Crippen LogP contribution is 2.30. The van der Waals surface area contributed by atoms with Crippen molar-refractivity contribution in [2.75, 3.05) is 13.2 Å². The predicted molar refractivity (Wildman–Crippen MR) is 129 cm³/mol. The van der Waals surface area contributed by atoms with Crippen LogP contribution in [0.5, 0.6) is 5.75 Å². The van der Waals surface area contributed by atoms with E-state index in [1.807, 2.05) is 51.1 Å². The van der Waals surface area contributed by atoms with E-state index >= 15 is 0 Å². The molecule has 0 radical (unpaired) electrons. The van der Waals surface area contributed by atoms with Crippen LogP contribution < -0.4 is 4.74 Å². The van der Waals surface area contributed by atoms with Crippen LogP contribution in [-0.4, -0.2) is 40.5 Å². The lowest BCUT2D eigenvalue weighted by Crippen LogP contribution is -2.31. The van der Waals surface area contributed by atoms with E-state index in [1.165, 1.54) is 0 Å². The fraction of sp³-hybridized carbons (Fsp3) is 0.333. The molecule has 3 aromatic rings. The van der Waals surface area contributed by atoms with Gasteiger partial charge in [0.15, 0.2) is 6.10 Å². The molecule has 7 heteroatoms. The summed E-state index contributed by atoms with van der Waals surface area (Å²) in [6.45, 7) is 9.77. The first-order chi connectivity index (χ1) is 16.3. The predicted octanol–water partition coefficient (Wildman–Crippen LogP) is 4.97. The molecule has 0 spiro atoms. The molecule has 0 amide bonds. The Balaban J connectivity index is 1.67. The number of aromatic nitrogens is 1. The van der Waals surface area contributed by atoms with Gasteiger partial charge in [0.25, 0.3) is 0 Å². The summed E-state index contributed by atoms with van der Waals surface area (Å²) in [6.07, 6.45) is 0.0415. The number of hydrogen-bond acceptors (Lipinski definition) is 6. The molecule has 0 saturated heterocycles. The van der Waals surface area contributed by atoms with Crippen LogP contribution in [0.1, 0.15) is 40.7 Å². The normalized spacial score (nSPS) is 12.8. The zero-order valence-electron chi connectivity index (χ0n) is 19.8. The third-order valence-electron chi connectivity index (χ3n) is 5.47. The minimum absolute atomic E-state index is 0.171. The zero-order chi connectivity index (χ0) is 24.7. The number of aliphatic carboxylic acids is 1. The van der Waals surface area contributed by atoms with E-state index in [0.717, 1.165) is 28.1 Å². The average Bonchev–Trinajstić information content (AvgIpc) is 3.18. The molecule has 3 rings (SSSR count). The number of nitrogens with zero attached hydrogens (tertiary/aromatic N) is 1. The number of aliphatic hydroxyl groups is 1. The molecular weight excluding hydrogens is 434 g/mol. The van der Waals surface area contributed by atoms with Gasteiger partial charge in [0.1, 0.15) is 17.6 Å². The molecule has 2 unspecified atom stereocenters. The van der Waals surface area contributed by atoms with Gasteiger partial charge >= 0.3 is 5.97 Å². The van der Waals surface area contributed by atoms with Crippen LogP contribution >= 0.6 is 0 Å². The molecular formula is C27H31NO6. The van der Waals surface area contributed by atoms with Gasteiger partial charge in [0.05, 0.1) is 18.9 Å². The van der Waals surface area contributed by atoms with Gasteiger partial charge in [-0.1, -0.05) is 24.3 Å². The smallest absolute Gasteiger partial charge is 0.335 e. The van der Waals surface area contributed by atoms with Gasteiger partial charge < -0.3 is 24.1 Å². The van der Waals surface area contributed by atoms with Crippen molar-refractivity contribution in [1.82, 2.24) is 4.98 Å². The van der Waals surface area contributed by atoms with Crippen molar-refractivity contribution in [3.63, 3.8) is 0 Å². The molecule has 7 nitrogen and oxygen atoms in total. The van der Waals surface area contributed by atoms with Crippen molar-refractivity contribution in [3.05, 3.63) is 83.3 Å². The van der Waals surface area contributed by atoms with Crippen LogP contribution in [0.4, 0.5) is 0 Å². The molecule has 0 fully saturated rings. The standard InChI is InChI=1S/C27H31NO6/c1-5-6-13-32-25(27(30)31)23(29)21-15-17(2)24(18(3)16-21)33-14-12-22-19(4)34-26(28-22)20-10-8-7-9-11-20/h5,7-11,15-16,23,25,29H,1,6,12-14H2,2-4H3,(H,30,31). The minimum Gasteiger partial charge on any atom is -0.493 e. The average molecular weight is 466 g/mol. The van der Waals surface area contributed by atoms with E-state index in [2.05, 4.69) is 11.6 Å². The lowest BCUT2D eigenvalue weighted by atomic mass is 9.98. The van der Waals surface area contributed by atoms with Gasteiger partial charge in [0.2, 0.25) is 5.89 Å². The Morgan fingerprint density at radius 3 is 2.44 bits per heavy atom. The molecule has 2 aromatic carbocycles. The highest BCUT2D eigenvalue weighted by atomic mass is 16.5. The lowest BCUT2D eigenvalue weighted by molar-refractivity contribution is -0.158. The van der Waals surface area contributed by atoms with Crippen LogP contribution in [0.3, 0.4) is 0 Å². The maximum Gasteiger partial charge on any atom is 0.335 e. The van der Waals surface area contributed by atoms with Crippen molar-refractivity contribution in [2.24, 2.45) is 0 Å². The van der Waals surface area contributed by atoms with E-state index in [1.54, 1.807) is 18.2 Å².